The summed E-state index contributed by atoms with van der Waals surface area (Å²) in [6.07, 6.45) is 3.05. The van der Waals surface area contributed by atoms with E-state index in [-0.39, 0.29) is 66.9 Å². The first kappa shape index (κ1) is 27.2. The van der Waals surface area contributed by atoms with Crippen LogP contribution in [0.15, 0.2) is 45.6 Å². The van der Waals surface area contributed by atoms with E-state index in [2.05, 4.69) is 15.7 Å². The van der Waals surface area contributed by atoms with Crippen molar-refractivity contribution in [1.29, 1.82) is 0 Å². The predicted molar refractivity (Wildman–Crippen MR) is 140 cm³/mol. The number of halogens is 5. The summed E-state index contributed by atoms with van der Waals surface area (Å²) < 4.78 is 17.9. The molecule has 0 fully saturated rings. The summed E-state index contributed by atoms with van der Waals surface area (Å²) in [4.78, 5) is 25.5. The number of aryl methyl sites for hydroxylation is 1. The lowest BCUT2D eigenvalue weighted by atomic mass is 10.3. The summed E-state index contributed by atoms with van der Waals surface area (Å²) in [6.45, 7) is 2.36. The van der Waals surface area contributed by atoms with Gasteiger partial charge in [-0.2, -0.15) is 5.10 Å². The predicted octanol–water partition coefficient (Wildman–Crippen LogP) is 7.12. The molecule has 3 aromatic heterocycles. The van der Waals surface area contributed by atoms with E-state index in [1.165, 1.54) is 23.1 Å². The number of hydrogen-bond donors (Lipinski definition) is 2. The van der Waals surface area contributed by atoms with Crippen LogP contribution in [0.1, 0.15) is 39.5 Å². The Hall–Kier alpha value is -2.82. The van der Waals surface area contributed by atoms with E-state index in [1.54, 1.807) is 18.3 Å². The van der Waals surface area contributed by atoms with Crippen LogP contribution in [-0.4, -0.2) is 21.6 Å². The van der Waals surface area contributed by atoms with Crippen LogP contribution in [-0.2, 0) is 19.7 Å². The van der Waals surface area contributed by atoms with Gasteiger partial charge in [0.2, 0.25) is 0 Å². The van der Waals surface area contributed by atoms with E-state index in [1.807, 2.05) is 6.92 Å². The minimum atomic E-state index is -0.601. The molecule has 0 saturated carbocycles. The van der Waals surface area contributed by atoms with Crippen molar-refractivity contribution >= 4 is 75.5 Å². The lowest BCUT2D eigenvalue weighted by molar-refractivity contribution is 0.0943. The van der Waals surface area contributed by atoms with Crippen LogP contribution in [0.3, 0.4) is 0 Å². The van der Waals surface area contributed by atoms with E-state index in [9.17, 15) is 9.59 Å². The zero-order valence-electron chi connectivity index (χ0n) is 18.9. The molecule has 0 radical (unpaired) electrons. The smallest absolute Gasteiger partial charge is 0.291 e. The van der Waals surface area contributed by atoms with Gasteiger partial charge in [-0.3, -0.25) is 14.3 Å². The normalized spacial score (nSPS) is 11.0. The fourth-order valence-corrected chi connectivity index (χ4v) is 4.35. The van der Waals surface area contributed by atoms with Gasteiger partial charge in [0, 0.05) is 12.7 Å². The fraction of sp³-hybridized carbons (Fsp3) is 0.174. The minimum Gasteiger partial charge on any atom is -0.482 e. The van der Waals surface area contributed by atoms with Crippen LogP contribution < -0.4 is 15.4 Å². The third kappa shape index (κ3) is 6.02. The van der Waals surface area contributed by atoms with Gasteiger partial charge in [0.1, 0.15) is 28.2 Å². The third-order valence-electron chi connectivity index (χ3n) is 4.97. The molecule has 0 bridgehead atoms. The second-order valence-corrected chi connectivity index (χ2v) is 9.31. The highest BCUT2D eigenvalue weighted by Gasteiger charge is 2.23. The Labute approximate surface area is 235 Å². The Balaban J connectivity index is 1.44. The van der Waals surface area contributed by atoms with Crippen molar-refractivity contribution in [3.05, 3.63) is 84.8 Å². The molecule has 37 heavy (non-hydrogen) atoms. The zero-order valence-corrected chi connectivity index (χ0v) is 22.7. The largest absolute Gasteiger partial charge is 0.482 e. The Morgan fingerprint density at radius 3 is 2.32 bits per heavy atom. The van der Waals surface area contributed by atoms with Crippen LogP contribution in [0, 0.1) is 0 Å². The van der Waals surface area contributed by atoms with Gasteiger partial charge in [-0.1, -0.05) is 58.0 Å². The van der Waals surface area contributed by atoms with Crippen molar-refractivity contribution in [3.63, 3.8) is 0 Å². The Kier molecular flexibility index (Phi) is 8.61. The molecule has 3 heterocycles. The molecule has 14 heteroatoms. The molecule has 0 atom stereocenters. The van der Waals surface area contributed by atoms with E-state index < -0.39 is 11.8 Å². The lowest BCUT2D eigenvalue weighted by Gasteiger charge is -2.12. The summed E-state index contributed by atoms with van der Waals surface area (Å²) in [6, 6.07) is 6.41. The number of nitrogens with one attached hydrogen (secondary N) is 2. The van der Waals surface area contributed by atoms with Crippen LogP contribution in [0.25, 0.3) is 0 Å². The fourth-order valence-electron chi connectivity index (χ4n) is 3.12. The molecule has 9 nitrogen and oxygen atoms in total. The third-order valence-corrected chi connectivity index (χ3v) is 7.21. The minimum absolute atomic E-state index is 0.00283. The van der Waals surface area contributed by atoms with Crippen molar-refractivity contribution in [1.82, 2.24) is 15.1 Å². The standard InChI is InChI=1S/C23H17Cl5N4O5/c1-2-32-9-13(20(31-32)23(34)29-8-11-4-3-7-35-11)30-22(33)14-6-5-12(37-14)10-36-21-18(27)16(25)15(24)17(26)19(21)28/h3-7,9H,2,8,10H2,1H3,(H,29,34)(H,30,33). The molecule has 0 spiro atoms. The summed E-state index contributed by atoms with van der Waals surface area (Å²) in [5.74, 6) is -0.251. The second-order valence-electron chi connectivity index (χ2n) is 7.42. The second kappa shape index (κ2) is 11.7. The molecule has 0 saturated heterocycles. The quantitative estimate of drug-likeness (QED) is 0.155. The molecule has 194 valence electrons. The molecule has 0 aliphatic carbocycles. The number of anilines is 1. The van der Waals surface area contributed by atoms with Crippen molar-refractivity contribution in [3.8, 4) is 5.75 Å². The number of carbonyl (C=O) groups is 2. The number of aromatic nitrogens is 2. The number of nitrogens with zero attached hydrogens (tertiary/aromatic N) is 2. The van der Waals surface area contributed by atoms with Gasteiger partial charge in [-0.05, 0) is 31.2 Å². The number of rotatable bonds is 9. The first-order valence-corrected chi connectivity index (χ1v) is 12.5. The molecular formula is C23H17Cl5N4O5. The van der Waals surface area contributed by atoms with Gasteiger partial charge < -0.3 is 24.2 Å². The molecule has 0 unspecified atom stereocenters. The van der Waals surface area contributed by atoms with Crippen LogP contribution in [0.4, 0.5) is 5.69 Å². The van der Waals surface area contributed by atoms with Crippen molar-refractivity contribution < 1.29 is 23.2 Å². The first-order chi connectivity index (χ1) is 17.7. The summed E-state index contributed by atoms with van der Waals surface area (Å²) in [5, 5.41) is 9.53. The highest BCUT2D eigenvalue weighted by molar-refractivity contribution is 6.55. The molecule has 4 aromatic rings. The van der Waals surface area contributed by atoms with Gasteiger partial charge in [-0.25, -0.2) is 0 Å². The summed E-state index contributed by atoms with van der Waals surface area (Å²) >= 11 is 30.4. The number of amides is 2. The van der Waals surface area contributed by atoms with Gasteiger partial charge in [0.05, 0.1) is 33.6 Å². The van der Waals surface area contributed by atoms with E-state index in [4.69, 9.17) is 71.6 Å². The van der Waals surface area contributed by atoms with Crippen molar-refractivity contribution in [2.45, 2.75) is 26.6 Å². The maximum atomic E-state index is 12.8. The topological polar surface area (TPSA) is 112 Å². The van der Waals surface area contributed by atoms with Crippen LogP contribution in [0.2, 0.25) is 25.1 Å². The highest BCUT2D eigenvalue weighted by Crippen LogP contribution is 2.48. The molecule has 0 aliphatic rings. The monoisotopic (exact) mass is 604 g/mol. The molecular weight excluding hydrogens is 590 g/mol. The number of furan rings is 2. The van der Waals surface area contributed by atoms with Crippen LogP contribution in [0.5, 0.6) is 5.75 Å². The Morgan fingerprint density at radius 2 is 1.68 bits per heavy atom. The SMILES string of the molecule is CCn1cc(NC(=O)c2ccc(COc3c(Cl)c(Cl)c(Cl)c(Cl)c3Cl)o2)c(C(=O)NCc2ccco2)n1. The zero-order chi connectivity index (χ0) is 26.7. The Morgan fingerprint density at radius 1 is 0.973 bits per heavy atom. The molecule has 2 N–H and O–H groups in total. The molecule has 0 aliphatic heterocycles. The summed E-state index contributed by atoms with van der Waals surface area (Å²) in [7, 11) is 0. The van der Waals surface area contributed by atoms with E-state index >= 15 is 0 Å². The number of hydrogen-bond acceptors (Lipinski definition) is 6. The first-order valence-electron chi connectivity index (χ1n) is 10.6. The van der Waals surface area contributed by atoms with Crippen molar-refractivity contribution in [2.24, 2.45) is 0 Å². The van der Waals surface area contributed by atoms with Gasteiger partial charge in [0.15, 0.2) is 17.2 Å². The molecule has 2 amide bonds. The van der Waals surface area contributed by atoms with Gasteiger partial charge in [0.25, 0.3) is 11.8 Å². The van der Waals surface area contributed by atoms with Gasteiger partial charge >= 0.3 is 0 Å². The maximum absolute atomic E-state index is 12.8. The lowest BCUT2D eigenvalue weighted by Crippen LogP contribution is -2.25. The highest BCUT2D eigenvalue weighted by atomic mass is 35.5. The number of carbonyl (C=O) groups excluding carboxylic acids is 2. The van der Waals surface area contributed by atoms with Crippen LogP contribution >= 0.6 is 58.0 Å². The Bertz CT molecular complexity index is 1420. The average Bonchev–Trinajstić information content (AvgIpc) is 3.66. The summed E-state index contributed by atoms with van der Waals surface area (Å²) in [5.41, 5.74) is 0.250. The van der Waals surface area contributed by atoms with E-state index in [0.717, 1.165) is 0 Å². The van der Waals surface area contributed by atoms with Gasteiger partial charge in [-0.15, -0.1) is 0 Å². The number of benzene rings is 1. The molecule has 1 aromatic carbocycles. The molecule has 4 rings (SSSR count). The van der Waals surface area contributed by atoms with E-state index in [0.29, 0.717) is 12.3 Å². The van der Waals surface area contributed by atoms with Crippen molar-refractivity contribution in [2.75, 3.05) is 5.32 Å². The maximum Gasteiger partial charge on any atom is 0.291 e. The number of ether oxygens (including phenoxy) is 1. The average molecular weight is 607 g/mol.